The number of rotatable bonds is 5. The van der Waals surface area contributed by atoms with Crippen molar-refractivity contribution in [3.05, 3.63) is 40.0 Å². The van der Waals surface area contributed by atoms with E-state index in [0.29, 0.717) is 0 Å². The first-order valence-corrected chi connectivity index (χ1v) is 7.94. The van der Waals surface area contributed by atoms with Gasteiger partial charge in [0.1, 0.15) is 5.76 Å². The monoisotopic (exact) mass is 465 g/mol. The third-order valence-electron chi connectivity index (χ3n) is 3.89. The highest BCUT2D eigenvalue weighted by Crippen LogP contribution is 2.14. The summed E-state index contributed by atoms with van der Waals surface area (Å²) in [7, 11) is 5.78. The second-order valence-corrected chi connectivity index (χ2v) is 6.08. The Bertz CT molecular complexity index is 675. The number of aromatic nitrogens is 2. The maximum atomic E-state index is 6.03. The van der Waals surface area contributed by atoms with Crippen LogP contribution in [-0.4, -0.2) is 41.2 Å². The van der Waals surface area contributed by atoms with Gasteiger partial charge in [0, 0.05) is 45.1 Å². The average molecular weight is 466 g/mol. The SMILES string of the molecule is CN=C(NCCc1c(C)noc1C)N(C)Cc1cc(Cl)cn1C.I. The first-order chi connectivity index (χ1) is 10.9. The Hall–Kier alpha value is -1.22. The van der Waals surface area contributed by atoms with E-state index in [1.54, 1.807) is 7.05 Å². The van der Waals surface area contributed by atoms with Crippen molar-refractivity contribution in [2.24, 2.45) is 12.0 Å². The van der Waals surface area contributed by atoms with Crippen molar-refractivity contribution in [2.45, 2.75) is 26.8 Å². The summed E-state index contributed by atoms with van der Waals surface area (Å²) in [4.78, 5) is 6.40. The van der Waals surface area contributed by atoms with Crippen molar-refractivity contribution in [1.29, 1.82) is 0 Å². The number of nitrogens with one attached hydrogen (secondary N) is 1. The lowest BCUT2D eigenvalue weighted by Crippen LogP contribution is -2.39. The molecule has 0 aliphatic heterocycles. The zero-order valence-electron chi connectivity index (χ0n) is 14.8. The molecule has 0 bridgehead atoms. The Kier molecular flexibility index (Phi) is 8.08. The zero-order valence-corrected chi connectivity index (χ0v) is 17.8. The maximum Gasteiger partial charge on any atom is 0.193 e. The third kappa shape index (κ3) is 5.14. The van der Waals surface area contributed by atoms with Crippen LogP contribution in [-0.2, 0) is 20.0 Å². The molecule has 0 saturated heterocycles. The molecule has 24 heavy (non-hydrogen) atoms. The zero-order chi connectivity index (χ0) is 17.0. The van der Waals surface area contributed by atoms with Crippen LogP contribution >= 0.6 is 35.6 Å². The molecule has 0 aliphatic rings. The lowest BCUT2D eigenvalue weighted by molar-refractivity contribution is 0.392. The van der Waals surface area contributed by atoms with Gasteiger partial charge in [0.25, 0.3) is 0 Å². The summed E-state index contributed by atoms with van der Waals surface area (Å²) in [5.74, 6) is 1.72. The summed E-state index contributed by atoms with van der Waals surface area (Å²) in [6.45, 7) is 5.41. The molecule has 0 amide bonds. The van der Waals surface area contributed by atoms with Crippen molar-refractivity contribution in [3.63, 3.8) is 0 Å². The Balaban J connectivity index is 0.00000288. The topological polar surface area (TPSA) is 58.6 Å². The molecule has 2 aromatic heterocycles. The molecule has 6 nitrogen and oxygen atoms in total. The molecule has 0 unspecified atom stereocenters. The second kappa shape index (κ2) is 9.31. The fraction of sp³-hybridized carbons (Fsp3) is 0.500. The van der Waals surface area contributed by atoms with Gasteiger partial charge in [-0.2, -0.15) is 0 Å². The molecule has 2 heterocycles. The van der Waals surface area contributed by atoms with Crippen molar-refractivity contribution in [3.8, 4) is 0 Å². The minimum atomic E-state index is 0. The number of hydrogen-bond acceptors (Lipinski definition) is 3. The minimum absolute atomic E-state index is 0. The Morgan fingerprint density at radius 2 is 2.17 bits per heavy atom. The summed E-state index contributed by atoms with van der Waals surface area (Å²) in [6, 6.07) is 1.97. The van der Waals surface area contributed by atoms with Crippen LogP contribution in [0.25, 0.3) is 0 Å². The summed E-state index contributed by atoms with van der Waals surface area (Å²) >= 11 is 6.03. The molecular weight excluding hydrogens is 441 g/mol. The lowest BCUT2D eigenvalue weighted by atomic mass is 10.1. The number of guanidine groups is 1. The molecule has 0 aliphatic carbocycles. The van der Waals surface area contributed by atoms with Gasteiger partial charge in [-0.25, -0.2) is 0 Å². The van der Waals surface area contributed by atoms with E-state index in [2.05, 4.69) is 20.4 Å². The molecule has 0 spiro atoms. The molecule has 0 saturated carbocycles. The highest BCUT2D eigenvalue weighted by atomic mass is 127. The van der Waals surface area contributed by atoms with Gasteiger partial charge >= 0.3 is 0 Å². The normalized spacial score (nSPS) is 11.3. The Labute approximate surface area is 165 Å². The predicted molar refractivity (Wildman–Crippen MR) is 108 cm³/mol. The fourth-order valence-electron chi connectivity index (χ4n) is 2.58. The van der Waals surface area contributed by atoms with E-state index in [-0.39, 0.29) is 24.0 Å². The molecule has 8 heteroatoms. The summed E-state index contributed by atoms with van der Waals surface area (Å²) in [5.41, 5.74) is 3.24. The molecule has 0 aromatic carbocycles. The summed E-state index contributed by atoms with van der Waals surface area (Å²) in [5, 5.41) is 8.10. The van der Waals surface area contributed by atoms with Gasteiger partial charge < -0.3 is 19.3 Å². The van der Waals surface area contributed by atoms with Crippen LogP contribution in [0.5, 0.6) is 0 Å². The average Bonchev–Trinajstić information content (AvgIpc) is 2.98. The van der Waals surface area contributed by atoms with Gasteiger partial charge in [0.15, 0.2) is 5.96 Å². The molecule has 2 aromatic rings. The second-order valence-electron chi connectivity index (χ2n) is 5.64. The van der Waals surface area contributed by atoms with Crippen LogP contribution in [0.2, 0.25) is 5.02 Å². The third-order valence-corrected chi connectivity index (χ3v) is 4.09. The van der Waals surface area contributed by atoms with E-state index in [9.17, 15) is 0 Å². The molecule has 1 N–H and O–H groups in total. The van der Waals surface area contributed by atoms with E-state index in [1.807, 2.05) is 44.8 Å². The van der Waals surface area contributed by atoms with Crippen molar-refractivity contribution in [1.82, 2.24) is 19.9 Å². The number of nitrogens with zero attached hydrogens (tertiary/aromatic N) is 4. The minimum Gasteiger partial charge on any atom is -0.361 e. The van der Waals surface area contributed by atoms with Gasteiger partial charge in [0.05, 0.1) is 17.3 Å². The standard InChI is InChI=1S/C16H24ClN5O.HI/c1-11-15(12(2)23-20-11)6-7-19-16(18-3)22(5)10-14-8-13(17)9-21(14)4;/h8-9H,6-7,10H2,1-5H3,(H,18,19);1H. The first-order valence-electron chi connectivity index (χ1n) is 7.56. The number of aryl methyl sites for hydroxylation is 3. The molecule has 2 rings (SSSR count). The van der Waals surface area contributed by atoms with Gasteiger partial charge in [0.2, 0.25) is 0 Å². The first kappa shape index (κ1) is 20.8. The van der Waals surface area contributed by atoms with Crippen LogP contribution < -0.4 is 5.32 Å². The molecule has 0 atom stereocenters. The van der Waals surface area contributed by atoms with Gasteiger partial charge in [-0.3, -0.25) is 4.99 Å². The van der Waals surface area contributed by atoms with Crippen LogP contribution in [0.1, 0.15) is 22.7 Å². The Morgan fingerprint density at radius 1 is 1.46 bits per heavy atom. The van der Waals surface area contributed by atoms with Crippen molar-refractivity contribution in [2.75, 3.05) is 20.6 Å². The van der Waals surface area contributed by atoms with Gasteiger partial charge in [-0.1, -0.05) is 16.8 Å². The molecular formula is C16H25ClIN5O. The number of aliphatic imine (C=N–C) groups is 1. The van der Waals surface area contributed by atoms with Crippen LogP contribution in [0, 0.1) is 13.8 Å². The van der Waals surface area contributed by atoms with E-state index >= 15 is 0 Å². The highest BCUT2D eigenvalue weighted by molar-refractivity contribution is 14.0. The maximum absolute atomic E-state index is 6.03. The van der Waals surface area contributed by atoms with Gasteiger partial charge in [-0.05, 0) is 26.3 Å². The van der Waals surface area contributed by atoms with E-state index in [1.165, 1.54) is 0 Å². The predicted octanol–water partition coefficient (Wildman–Crippen LogP) is 3.15. The molecule has 0 fully saturated rings. The van der Waals surface area contributed by atoms with E-state index < -0.39 is 0 Å². The quantitative estimate of drug-likeness (QED) is 0.419. The fourth-order valence-corrected chi connectivity index (χ4v) is 2.86. The van der Waals surface area contributed by atoms with Crippen LogP contribution in [0.15, 0.2) is 21.8 Å². The van der Waals surface area contributed by atoms with Gasteiger partial charge in [-0.15, -0.1) is 24.0 Å². The largest absolute Gasteiger partial charge is 0.361 e. The van der Waals surface area contributed by atoms with Crippen LogP contribution in [0.3, 0.4) is 0 Å². The van der Waals surface area contributed by atoms with E-state index in [4.69, 9.17) is 16.1 Å². The summed E-state index contributed by atoms with van der Waals surface area (Å²) in [6.07, 6.45) is 2.75. The van der Waals surface area contributed by atoms with Crippen molar-refractivity contribution < 1.29 is 4.52 Å². The number of hydrogen-bond donors (Lipinski definition) is 1. The molecule has 134 valence electrons. The highest BCUT2D eigenvalue weighted by Gasteiger charge is 2.11. The lowest BCUT2D eigenvalue weighted by Gasteiger charge is -2.22. The number of halogens is 2. The summed E-state index contributed by atoms with van der Waals surface area (Å²) < 4.78 is 7.21. The smallest absolute Gasteiger partial charge is 0.193 e. The Morgan fingerprint density at radius 3 is 2.67 bits per heavy atom. The molecule has 0 radical (unpaired) electrons. The van der Waals surface area contributed by atoms with Crippen LogP contribution in [0.4, 0.5) is 0 Å². The van der Waals surface area contributed by atoms with E-state index in [0.717, 1.165) is 53.2 Å². The van der Waals surface area contributed by atoms with Crippen molar-refractivity contribution >= 4 is 41.5 Å².